The fourth-order valence-electron chi connectivity index (χ4n) is 3.38. The van der Waals surface area contributed by atoms with Crippen LogP contribution in [0, 0.1) is 5.92 Å². The van der Waals surface area contributed by atoms with Gasteiger partial charge < -0.3 is 4.90 Å². The first-order chi connectivity index (χ1) is 12.2. The normalized spacial score (nSPS) is 17.2. The maximum atomic E-state index is 12.3. The molecule has 0 aliphatic carbocycles. The molecule has 2 heterocycles. The molecule has 1 aromatic carbocycles. The Balaban J connectivity index is 1.42. The van der Waals surface area contributed by atoms with Crippen molar-refractivity contribution in [3.63, 3.8) is 0 Å². The predicted octanol–water partition coefficient (Wildman–Crippen LogP) is 3.15. The number of nitrogens with one attached hydrogen (secondary N) is 1. The zero-order valence-electron chi connectivity index (χ0n) is 14.8. The van der Waals surface area contributed by atoms with Gasteiger partial charge in [0.15, 0.2) is 0 Å². The summed E-state index contributed by atoms with van der Waals surface area (Å²) in [7, 11) is 0. The lowest BCUT2D eigenvalue weighted by Crippen LogP contribution is -2.42. The van der Waals surface area contributed by atoms with Crippen LogP contribution in [-0.2, 0) is 11.2 Å². The Hall–Kier alpha value is -2.27. The minimum Gasteiger partial charge on any atom is -0.301 e. The maximum absolute atomic E-state index is 12.3. The number of carbonyl (C=O) groups is 1. The van der Waals surface area contributed by atoms with Crippen LogP contribution in [0.3, 0.4) is 0 Å². The van der Waals surface area contributed by atoms with Crippen LogP contribution in [0.25, 0.3) is 0 Å². The van der Waals surface area contributed by atoms with Crippen LogP contribution in [0.5, 0.6) is 0 Å². The first-order valence-corrected chi connectivity index (χ1v) is 9.08. The number of benzene rings is 1. The minimum absolute atomic E-state index is 0.0442. The topological polar surface area (TPSA) is 58.1 Å². The number of amides is 1. The molecule has 5 nitrogen and oxygen atoms in total. The van der Waals surface area contributed by atoms with Gasteiger partial charge in [-0.3, -0.25) is 10.1 Å². The predicted molar refractivity (Wildman–Crippen MR) is 99.2 cm³/mol. The summed E-state index contributed by atoms with van der Waals surface area (Å²) in [6.45, 7) is 4.24. The van der Waals surface area contributed by atoms with Gasteiger partial charge in [0.1, 0.15) is 0 Å². The zero-order chi connectivity index (χ0) is 17.5. The van der Waals surface area contributed by atoms with Crippen LogP contribution < -0.4 is 5.32 Å². The van der Waals surface area contributed by atoms with E-state index in [0.717, 1.165) is 38.8 Å². The number of likely N-dealkylation sites (tertiary alicyclic amines) is 1. The van der Waals surface area contributed by atoms with E-state index in [1.807, 2.05) is 0 Å². The molecule has 1 aliphatic rings. The van der Waals surface area contributed by atoms with E-state index in [0.29, 0.717) is 12.0 Å². The lowest BCUT2D eigenvalue weighted by Gasteiger charge is -2.35. The number of nitrogens with zero attached hydrogens (tertiary/aromatic N) is 3. The third kappa shape index (κ3) is 5.10. The first-order valence-electron chi connectivity index (χ1n) is 9.08. The summed E-state index contributed by atoms with van der Waals surface area (Å²) >= 11 is 0. The van der Waals surface area contributed by atoms with Crippen molar-refractivity contribution < 1.29 is 4.79 Å². The number of piperidine rings is 1. The lowest BCUT2D eigenvalue weighted by molar-refractivity contribution is -0.121. The summed E-state index contributed by atoms with van der Waals surface area (Å²) in [5, 5.41) is 2.82. The van der Waals surface area contributed by atoms with Crippen molar-refractivity contribution in [2.24, 2.45) is 5.92 Å². The molecule has 0 spiro atoms. The first kappa shape index (κ1) is 17.5. The number of hydrogen-bond acceptors (Lipinski definition) is 4. The summed E-state index contributed by atoms with van der Waals surface area (Å²) in [6.07, 6.45) is 7.33. The number of anilines is 1. The third-order valence-corrected chi connectivity index (χ3v) is 5.02. The van der Waals surface area contributed by atoms with Crippen molar-refractivity contribution in [2.45, 2.75) is 38.6 Å². The summed E-state index contributed by atoms with van der Waals surface area (Å²) < 4.78 is 0. The van der Waals surface area contributed by atoms with Crippen LogP contribution in [0.4, 0.5) is 5.95 Å². The van der Waals surface area contributed by atoms with Crippen molar-refractivity contribution in [3.05, 3.63) is 54.4 Å². The zero-order valence-corrected chi connectivity index (χ0v) is 14.8. The second-order valence-electron chi connectivity index (χ2n) is 6.75. The van der Waals surface area contributed by atoms with Crippen LogP contribution in [-0.4, -0.2) is 39.9 Å². The molecule has 132 valence electrons. The van der Waals surface area contributed by atoms with E-state index >= 15 is 0 Å². The van der Waals surface area contributed by atoms with Gasteiger partial charge >= 0.3 is 0 Å². The molecule has 1 atom stereocenters. The number of aromatic nitrogens is 2. The quantitative estimate of drug-likeness (QED) is 0.879. The van der Waals surface area contributed by atoms with Gasteiger partial charge in [-0.15, -0.1) is 0 Å². The third-order valence-electron chi connectivity index (χ3n) is 5.02. The fourth-order valence-corrected chi connectivity index (χ4v) is 3.38. The number of hydrogen-bond donors (Lipinski definition) is 1. The van der Waals surface area contributed by atoms with Crippen LogP contribution in [0.1, 0.15) is 31.7 Å². The van der Waals surface area contributed by atoms with E-state index in [1.54, 1.807) is 18.5 Å². The Bertz CT molecular complexity index is 654. The fraction of sp³-hybridized carbons (Fsp3) is 0.450. The van der Waals surface area contributed by atoms with Gasteiger partial charge in [-0.25, -0.2) is 9.97 Å². The van der Waals surface area contributed by atoms with Gasteiger partial charge in [0.05, 0.1) is 0 Å². The van der Waals surface area contributed by atoms with E-state index in [1.165, 1.54) is 5.56 Å². The minimum atomic E-state index is 0.0442. The lowest BCUT2D eigenvalue weighted by atomic mass is 9.94. The van der Waals surface area contributed by atoms with Gasteiger partial charge in [-0.2, -0.15) is 0 Å². The number of aryl methyl sites for hydroxylation is 1. The van der Waals surface area contributed by atoms with Crippen molar-refractivity contribution in [2.75, 3.05) is 18.4 Å². The average Bonchev–Trinajstić information content (AvgIpc) is 2.68. The monoisotopic (exact) mass is 338 g/mol. The van der Waals surface area contributed by atoms with Crippen LogP contribution >= 0.6 is 0 Å². The second-order valence-corrected chi connectivity index (χ2v) is 6.75. The highest BCUT2D eigenvalue weighted by Gasteiger charge is 2.27. The van der Waals surface area contributed by atoms with Crippen LogP contribution in [0.15, 0.2) is 48.8 Å². The summed E-state index contributed by atoms with van der Waals surface area (Å²) in [6, 6.07) is 12.9. The maximum Gasteiger partial charge on any atom is 0.229 e. The van der Waals surface area contributed by atoms with E-state index in [-0.39, 0.29) is 11.8 Å². The van der Waals surface area contributed by atoms with Crippen molar-refractivity contribution in [1.82, 2.24) is 14.9 Å². The summed E-state index contributed by atoms with van der Waals surface area (Å²) in [5.74, 6) is 0.496. The molecule has 1 aliphatic heterocycles. The van der Waals surface area contributed by atoms with Crippen molar-refractivity contribution in [1.29, 1.82) is 0 Å². The second kappa shape index (κ2) is 8.72. The Labute approximate surface area is 149 Å². The van der Waals surface area contributed by atoms with Gasteiger partial charge in [-0.1, -0.05) is 30.3 Å². The van der Waals surface area contributed by atoms with E-state index in [2.05, 4.69) is 57.4 Å². The van der Waals surface area contributed by atoms with Crippen LogP contribution in [0.2, 0.25) is 0 Å². The highest BCUT2D eigenvalue weighted by molar-refractivity contribution is 5.90. The SMILES string of the molecule is CC(CCc1ccccc1)N1CCC(C(=O)Nc2ncccn2)CC1. The Kier molecular flexibility index (Phi) is 6.12. The molecular weight excluding hydrogens is 312 g/mol. The standard InChI is InChI=1S/C20H26N4O/c1-16(8-9-17-6-3-2-4-7-17)24-14-10-18(11-15-24)19(25)23-20-21-12-5-13-22-20/h2-7,12-13,16,18H,8-11,14-15H2,1H3,(H,21,22,23,25). The molecular formula is C20H26N4O. The molecule has 1 unspecified atom stereocenters. The van der Waals surface area contributed by atoms with Crippen molar-refractivity contribution >= 4 is 11.9 Å². The molecule has 1 fully saturated rings. The Morgan fingerprint density at radius 1 is 1.16 bits per heavy atom. The molecule has 1 N–H and O–H groups in total. The number of carbonyl (C=O) groups excluding carboxylic acids is 1. The molecule has 0 saturated carbocycles. The largest absolute Gasteiger partial charge is 0.301 e. The van der Waals surface area contributed by atoms with E-state index in [9.17, 15) is 4.79 Å². The van der Waals surface area contributed by atoms with Gasteiger partial charge in [0, 0.05) is 24.4 Å². The van der Waals surface area contributed by atoms with Crippen molar-refractivity contribution in [3.8, 4) is 0 Å². The number of rotatable bonds is 6. The Morgan fingerprint density at radius 2 is 1.84 bits per heavy atom. The van der Waals surface area contributed by atoms with Gasteiger partial charge in [-0.05, 0) is 57.3 Å². The molecule has 25 heavy (non-hydrogen) atoms. The molecule has 1 amide bonds. The van der Waals surface area contributed by atoms with Gasteiger partial charge in [0.25, 0.3) is 0 Å². The van der Waals surface area contributed by atoms with E-state index < -0.39 is 0 Å². The highest BCUT2D eigenvalue weighted by atomic mass is 16.2. The molecule has 0 bridgehead atoms. The molecule has 2 aromatic rings. The molecule has 5 heteroatoms. The van der Waals surface area contributed by atoms with Gasteiger partial charge in [0.2, 0.25) is 11.9 Å². The summed E-state index contributed by atoms with van der Waals surface area (Å²) in [5.41, 5.74) is 1.39. The molecule has 1 saturated heterocycles. The van der Waals surface area contributed by atoms with E-state index in [4.69, 9.17) is 0 Å². The molecule has 0 radical (unpaired) electrons. The summed E-state index contributed by atoms with van der Waals surface area (Å²) in [4.78, 5) is 23.0. The Morgan fingerprint density at radius 3 is 2.52 bits per heavy atom. The smallest absolute Gasteiger partial charge is 0.229 e. The average molecular weight is 338 g/mol. The highest BCUT2D eigenvalue weighted by Crippen LogP contribution is 2.22. The molecule has 1 aromatic heterocycles. The molecule has 3 rings (SSSR count).